The maximum Gasteiger partial charge on any atom is 0.234 e. The Bertz CT molecular complexity index is 297. The summed E-state index contributed by atoms with van der Waals surface area (Å²) in [6, 6.07) is 1.53. The van der Waals surface area contributed by atoms with Crippen LogP contribution in [0.4, 0.5) is 5.69 Å². The minimum Gasteiger partial charge on any atom is -0.398 e. The number of carbonyl (C=O) groups is 1. The molecule has 0 aliphatic rings. The molecular formula is C8H13N3OS. The third-order valence-electron chi connectivity index (χ3n) is 1.78. The molecule has 0 aliphatic carbocycles. The molecule has 0 fully saturated rings. The van der Waals surface area contributed by atoms with Crippen molar-refractivity contribution in [1.29, 1.82) is 0 Å². The van der Waals surface area contributed by atoms with Crippen LogP contribution in [0.2, 0.25) is 0 Å². The number of amides is 1. The van der Waals surface area contributed by atoms with E-state index in [1.54, 1.807) is 18.3 Å². The van der Waals surface area contributed by atoms with E-state index in [4.69, 9.17) is 11.5 Å². The van der Waals surface area contributed by atoms with Gasteiger partial charge in [0.15, 0.2) is 0 Å². The lowest BCUT2D eigenvalue weighted by atomic mass is 10.3. The van der Waals surface area contributed by atoms with Crippen LogP contribution in [0.25, 0.3) is 0 Å². The van der Waals surface area contributed by atoms with Crippen LogP contribution in [-0.2, 0) is 11.3 Å². The quantitative estimate of drug-likeness (QED) is 0.652. The fourth-order valence-electron chi connectivity index (χ4n) is 0.841. The van der Waals surface area contributed by atoms with E-state index in [-0.39, 0.29) is 11.9 Å². The van der Waals surface area contributed by atoms with Crippen LogP contribution in [0.1, 0.15) is 11.8 Å². The van der Waals surface area contributed by atoms with Crippen LogP contribution in [0, 0.1) is 0 Å². The summed E-state index contributed by atoms with van der Waals surface area (Å²) in [7, 11) is 0. The highest BCUT2D eigenvalue weighted by atomic mass is 32.1. The van der Waals surface area contributed by atoms with Crippen molar-refractivity contribution in [2.45, 2.75) is 19.5 Å². The Balaban J connectivity index is 2.44. The average Bonchev–Trinajstić information content (AvgIpc) is 2.47. The molecule has 0 bridgehead atoms. The van der Waals surface area contributed by atoms with Crippen molar-refractivity contribution >= 4 is 22.9 Å². The van der Waals surface area contributed by atoms with E-state index in [9.17, 15) is 4.79 Å². The number of rotatable bonds is 4. The van der Waals surface area contributed by atoms with Crippen LogP contribution in [-0.4, -0.2) is 11.9 Å². The Morgan fingerprint density at radius 2 is 2.46 bits per heavy atom. The first-order chi connectivity index (χ1) is 6.11. The molecule has 1 amide bonds. The summed E-state index contributed by atoms with van der Waals surface area (Å²) in [6.45, 7) is 2.32. The van der Waals surface area contributed by atoms with E-state index in [0.29, 0.717) is 6.54 Å². The lowest BCUT2D eigenvalue weighted by Crippen LogP contribution is -2.38. The maximum atomic E-state index is 10.7. The molecule has 13 heavy (non-hydrogen) atoms. The standard InChI is InChI=1S/C8H13N3OS/c1-5(8(10)12)11-4-7-6(9)2-3-13-7/h2-3,5,11H,4,9H2,1H3,(H2,10,12). The third kappa shape index (κ3) is 2.71. The molecule has 1 unspecified atom stereocenters. The minimum absolute atomic E-state index is 0.318. The first-order valence-electron chi connectivity index (χ1n) is 3.96. The Labute approximate surface area is 80.9 Å². The van der Waals surface area contributed by atoms with Gasteiger partial charge in [-0.3, -0.25) is 4.79 Å². The molecule has 1 rings (SSSR count). The zero-order chi connectivity index (χ0) is 9.84. The molecule has 0 aromatic carbocycles. The van der Waals surface area contributed by atoms with Gasteiger partial charge in [0.25, 0.3) is 0 Å². The van der Waals surface area contributed by atoms with Crippen LogP contribution in [0.15, 0.2) is 11.4 Å². The molecule has 0 saturated heterocycles. The van der Waals surface area contributed by atoms with E-state index in [1.165, 1.54) is 0 Å². The van der Waals surface area contributed by atoms with Gasteiger partial charge in [0.2, 0.25) is 5.91 Å². The Hall–Kier alpha value is -1.07. The average molecular weight is 199 g/mol. The van der Waals surface area contributed by atoms with Gasteiger partial charge in [-0.05, 0) is 18.4 Å². The van der Waals surface area contributed by atoms with Gasteiger partial charge < -0.3 is 16.8 Å². The van der Waals surface area contributed by atoms with E-state index < -0.39 is 0 Å². The van der Waals surface area contributed by atoms with Gasteiger partial charge in [-0.25, -0.2) is 0 Å². The summed E-state index contributed by atoms with van der Waals surface area (Å²) in [5.74, 6) is -0.352. The highest BCUT2D eigenvalue weighted by Gasteiger charge is 2.08. The van der Waals surface area contributed by atoms with Crippen molar-refractivity contribution in [3.8, 4) is 0 Å². The van der Waals surface area contributed by atoms with Gasteiger partial charge in [-0.1, -0.05) is 0 Å². The molecule has 5 heteroatoms. The first kappa shape index (κ1) is 10.0. The summed E-state index contributed by atoms with van der Waals surface area (Å²) in [6.07, 6.45) is 0. The zero-order valence-corrected chi connectivity index (χ0v) is 8.23. The van der Waals surface area contributed by atoms with E-state index in [0.717, 1.165) is 10.6 Å². The molecule has 5 N–H and O–H groups in total. The highest BCUT2D eigenvalue weighted by molar-refractivity contribution is 7.10. The van der Waals surface area contributed by atoms with Crippen LogP contribution in [0.3, 0.4) is 0 Å². The first-order valence-corrected chi connectivity index (χ1v) is 4.83. The van der Waals surface area contributed by atoms with Crippen molar-refractivity contribution < 1.29 is 4.79 Å². The Kier molecular flexibility index (Phi) is 3.27. The van der Waals surface area contributed by atoms with Crippen LogP contribution >= 0.6 is 11.3 Å². The zero-order valence-electron chi connectivity index (χ0n) is 7.41. The van der Waals surface area contributed by atoms with Crippen LogP contribution < -0.4 is 16.8 Å². The normalized spacial score (nSPS) is 12.7. The summed E-state index contributed by atoms with van der Waals surface area (Å²) >= 11 is 1.56. The van der Waals surface area contributed by atoms with Gasteiger partial charge in [0, 0.05) is 17.1 Å². The number of hydrogen-bond donors (Lipinski definition) is 3. The molecule has 72 valence electrons. The summed E-state index contributed by atoms with van der Waals surface area (Å²) in [5, 5.41) is 4.90. The molecule has 0 radical (unpaired) electrons. The lowest BCUT2D eigenvalue weighted by Gasteiger charge is -2.08. The Morgan fingerprint density at radius 3 is 2.92 bits per heavy atom. The van der Waals surface area contributed by atoms with E-state index in [1.807, 2.05) is 11.4 Å². The molecule has 1 aromatic rings. The van der Waals surface area contributed by atoms with Gasteiger partial charge in [0.05, 0.1) is 6.04 Å². The van der Waals surface area contributed by atoms with Gasteiger partial charge in [0.1, 0.15) is 0 Å². The highest BCUT2D eigenvalue weighted by Crippen LogP contribution is 2.18. The second-order valence-electron chi connectivity index (χ2n) is 2.80. The van der Waals surface area contributed by atoms with Crippen molar-refractivity contribution in [3.63, 3.8) is 0 Å². The molecule has 1 atom stereocenters. The number of nitrogens with two attached hydrogens (primary N) is 2. The largest absolute Gasteiger partial charge is 0.398 e. The smallest absolute Gasteiger partial charge is 0.234 e. The predicted molar refractivity (Wildman–Crippen MR) is 54.2 cm³/mol. The molecule has 0 aliphatic heterocycles. The van der Waals surface area contributed by atoms with Crippen molar-refractivity contribution in [2.75, 3.05) is 5.73 Å². The van der Waals surface area contributed by atoms with Crippen molar-refractivity contribution in [1.82, 2.24) is 5.32 Å². The number of carbonyl (C=O) groups excluding carboxylic acids is 1. The second-order valence-corrected chi connectivity index (χ2v) is 3.80. The summed E-state index contributed by atoms with van der Waals surface area (Å²) in [5.41, 5.74) is 11.5. The molecule has 1 heterocycles. The molecule has 0 spiro atoms. The van der Waals surface area contributed by atoms with Gasteiger partial charge in [-0.2, -0.15) is 0 Å². The fourth-order valence-corrected chi connectivity index (χ4v) is 1.59. The number of nitrogen functional groups attached to an aromatic ring is 1. The molecule has 4 nitrogen and oxygen atoms in total. The monoisotopic (exact) mass is 199 g/mol. The fraction of sp³-hybridized carbons (Fsp3) is 0.375. The summed E-state index contributed by atoms with van der Waals surface area (Å²) < 4.78 is 0. The van der Waals surface area contributed by atoms with E-state index in [2.05, 4.69) is 5.32 Å². The van der Waals surface area contributed by atoms with Crippen LogP contribution in [0.5, 0.6) is 0 Å². The number of hydrogen-bond acceptors (Lipinski definition) is 4. The Morgan fingerprint density at radius 1 is 1.77 bits per heavy atom. The van der Waals surface area contributed by atoms with E-state index >= 15 is 0 Å². The predicted octanol–water partition coefficient (Wildman–Crippen LogP) is 0.294. The number of nitrogens with one attached hydrogen (secondary N) is 1. The van der Waals surface area contributed by atoms with Gasteiger partial charge >= 0.3 is 0 Å². The lowest BCUT2D eigenvalue weighted by molar-refractivity contribution is -0.119. The van der Waals surface area contributed by atoms with Crippen molar-refractivity contribution in [2.24, 2.45) is 5.73 Å². The molecule has 1 aromatic heterocycles. The second kappa shape index (κ2) is 4.25. The number of primary amides is 1. The molecule has 0 saturated carbocycles. The minimum atomic E-state index is -0.352. The SMILES string of the molecule is CC(NCc1sccc1N)C(N)=O. The van der Waals surface area contributed by atoms with Crippen molar-refractivity contribution in [3.05, 3.63) is 16.3 Å². The molecular weight excluding hydrogens is 186 g/mol. The summed E-state index contributed by atoms with van der Waals surface area (Å²) in [4.78, 5) is 11.7. The number of anilines is 1. The van der Waals surface area contributed by atoms with Gasteiger partial charge in [-0.15, -0.1) is 11.3 Å². The number of thiophene rings is 1. The topological polar surface area (TPSA) is 81.1 Å². The third-order valence-corrected chi connectivity index (χ3v) is 2.71. The maximum absolute atomic E-state index is 10.7.